The van der Waals surface area contributed by atoms with Crippen LogP contribution in [0.15, 0.2) is 54.8 Å². The van der Waals surface area contributed by atoms with E-state index in [0.717, 1.165) is 24.0 Å². The van der Waals surface area contributed by atoms with E-state index in [4.69, 9.17) is 8.83 Å². The minimum absolute atomic E-state index is 0.356. The lowest BCUT2D eigenvalue weighted by molar-refractivity contribution is 0.466. The number of fused-ring (bicyclic) bond motifs is 2. The van der Waals surface area contributed by atoms with Gasteiger partial charge in [0.05, 0.1) is 21.8 Å². The fraction of sp³-hybridized carbons (Fsp3) is 0.200. The van der Waals surface area contributed by atoms with Crippen LogP contribution in [0.3, 0.4) is 0 Å². The van der Waals surface area contributed by atoms with E-state index < -0.39 is 0 Å². The molecule has 0 fully saturated rings. The summed E-state index contributed by atoms with van der Waals surface area (Å²) in [7, 11) is 0. The Balaban J connectivity index is 1.63. The van der Waals surface area contributed by atoms with Crippen LogP contribution in [0, 0.1) is 13.8 Å². The molecule has 0 aliphatic heterocycles. The Labute approximate surface area is 148 Å². The third-order valence-corrected chi connectivity index (χ3v) is 4.30. The molecular weight excluding hydrogens is 332 g/mol. The van der Waals surface area contributed by atoms with Gasteiger partial charge in [0.15, 0.2) is 11.8 Å². The van der Waals surface area contributed by atoms with Crippen molar-refractivity contribution >= 4 is 21.8 Å². The molecule has 2 heterocycles. The van der Waals surface area contributed by atoms with Crippen LogP contribution in [0.25, 0.3) is 21.8 Å². The van der Waals surface area contributed by atoms with Gasteiger partial charge in [-0.3, -0.25) is 0 Å². The highest BCUT2D eigenvalue weighted by molar-refractivity contribution is 5.78. The van der Waals surface area contributed by atoms with E-state index in [1.165, 1.54) is 0 Å². The Morgan fingerprint density at radius 2 is 1.15 bits per heavy atom. The summed E-state index contributed by atoms with van der Waals surface area (Å²) in [6, 6.07) is 11.2. The molecule has 0 saturated carbocycles. The second-order valence-corrected chi connectivity index (χ2v) is 6.24. The fourth-order valence-corrected chi connectivity index (χ4v) is 3.05. The summed E-state index contributed by atoms with van der Waals surface area (Å²) < 4.78 is 10.1. The Hall–Kier alpha value is -3.28. The second-order valence-electron chi connectivity index (χ2n) is 6.24. The minimum atomic E-state index is -0.376. The van der Waals surface area contributed by atoms with E-state index in [1.54, 1.807) is 13.8 Å². The molecule has 6 nitrogen and oxygen atoms in total. The first-order valence-electron chi connectivity index (χ1n) is 8.30. The first kappa shape index (κ1) is 16.2. The molecule has 0 radical (unpaired) electrons. The molecule has 130 valence electrons. The largest absolute Gasteiger partial charge is 0.408 e. The predicted octanol–water partition coefficient (Wildman–Crippen LogP) is 3.09. The van der Waals surface area contributed by atoms with Crippen LogP contribution in [-0.4, -0.2) is 9.97 Å². The summed E-state index contributed by atoms with van der Waals surface area (Å²) in [6.07, 6.45) is 1.44. The SMILES string of the molecule is Cc1nc2ccc(CCc3ccc4nc(C)oc(=O)c4c3)cc2c(=O)o1. The van der Waals surface area contributed by atoms with Gasteiger partial charge < -0.3 is 8.83 Å². The average Bonchev–Trinajstić information content (AvgIpc) is 2.60. The van der Waals surface area contributed by atoms with Crippen molar-refractivity contribution in [2.75, 3.05) is 0 Å². The number of hydrogen-bond acceptors (Lipinski definition) is 6. The number of hydrogen-bond donors (Lipinski definition) is 0. The lowest BCUT2D eigenvalue weighted by atomic mass is 10.0. The lowest BCUT2D eigenvalue weighted by Gasteiger charge is -2.05. The molecule has 2 aromatic carbocycles. The highest BCUT2D eigenvalue weighted by atomic mass is 16.4. The molecule has 0 N–H and O–H groups in total. The van der Waals surface area contributed by atoms with Gasteiger partial charge in [0.25, 0.3) is 0 Å². The van der Waals surface area contributed by atoms with Crippen molar-refractivity contribution in [2.24, 2.45) is 0 Å². The van der Waals surface area contributed by atoms with Gasteiger partial charge in [0, 0.05) is 13.8 Å². The van der Waals surface area contributed by atoms with Crippen LogP contribution in [-0.2, 0) is 12.8 Å². The number of aromatic nitrogens is 2. The minimum Gasteiger partial charge on any atom is -0.408 e. The van der Waals surface area contributed by atoms with Gasteiger partial charge in [-0.25, -0.2) is 19.6 Å². The quantitative estimate of drug-likeness (QED) is 0.565. The van der Waals surface area contributed by atoms with Gasteiger partial charge in [-0.15, -0.1) is 0 Å². The predicted molar refractivity (Wildman–Crippen MR) is 97.4 cm³/mol. The zero-order valence-corrected chi connectivity index (χ0v) is 14.4. The van der Waals surface area contributed by atoms with Gasteiger partial charge in [0.1, 0.15) is 0 Å². The molecular formula is C20H16N2O4. The fourth-order valence-electron chi connectivity index (χ4n) is 3.05. The smallest absolute Gasteiger partial charge is 0.346 e. The summed E-state index contributed by atoms with van der Waals surface area (Å²) >= 11 is 0. The van der Waals surface area contributed by atoms with Crippen LogP contribution >= 0.6 is 0 Å². The van der Waals surface area contributed by atoms with Crippen molar-refractivity contribution in [1.82, 2.24) is 9.97 Å². The maximum Gasteiger partial charge on any atom is 0.346 e. The van der Waals surface area contributed by atoms with Crippen LogP contribution < -0.4 is 11.3 Å². The molecule has 0 saturated heterocycles. The summed E-state index contributed by atoms with van der Waals surface area (Å²) in [4.78, 5) is 32.4. The van der Waals surface area contributed by atoms with E-state index in [0.29, 0.717) is 33.6 Å². The van der Waals surface area contributed by atoms with Crippen LogP contribution in [0.1, 0.15) is 22.9 Å². The van der Waals surface area contributed by atoms with Crippen LogP contribution in [0.5, 0.6) is 0 Å². The number of rotatable bonds is 3. The van der Waals surface area contributed by atoms with Crippen molar-refractivity contribution in [3.05, 3.63) is 80.1 Å². The summed E-state index contributed by atoms with van der Waals surface area (Å²) in [5, 5.41) is 0.957. The monoisotopic (exact) mass is 348 g/mol. The molecule has 4 rings (SSSR count). The summed E-state index contributed by atoms with van der Waals surface area (Å²) in [6.45, 7) is 3.31. The highest BCUT2D eigenvalue weighted by Crippen LogP contribution is 2.16. The normalized spacial score (nSPS) is 11.3. The van der Waals surface area contributed by atoms with Crippen molar-refractivity contribution in [2.45, 2.75) is 26.7 Å². The molecule has 2 aromatic heterocycles. The summed E-state index contributed by atoms with van der Waals surface area (Å²) in [5.74, 6) is 0.711. The first-order valence-corrected chi connectivity index (χ1v) is 8.30. The maximum absolute atomic E-state index is 12.0. The molecule has 0 bridgehead atoms. The lowest BCUT2D eigenvalue weighted by Crippen LogP contribution is -2.05. The van der Waals surface area contributed by atoms with Crippen molar-refractivity contribution < 1.29 is 8.83 Å². The van der Waals surface area contributed by atoms with Crippen molar-refractivity contribution in [3.63, 3.8) is 0 Å². The Morgan fingerprint density at radius 3 is 1.58 bits per heavy atom. The molecule has 6 heteroatoms. The van der Waals surface area contributed by atoms with Gasteiger partial charge in [-0.05, 0) is 48.2 Å². The molecule has 0 unspecified atom stereocenters. The van der Waals surface area contributed by atoms with E-state index in [1.807, 2.05) is 36.4 Å². The van der Waals surface area contributed by atoms with E-state index >= 15 is 0 Å². The number of aryl methyl sites for hydroxylation is 4. The molecule has 0 aliphatic rings. The molecule has 0 spiro atoms. The summed E-state index contributed by atoms with van der Waals surface area (Å²) in [5.41, 5.74) is 2.52. The Kier molecular flexibility index (Phi) is 3.88. The Morgan fingerprint density at radius 1 is 0.731 bits per heavy atom. The van der Waals surface area contributed by atoms with Crippen LogP contribution in [0.4, 0.5) is 0 Å². The van der Waals surface area contributed by atoms with Gasteiger partial charge in [-0.2, -0.15) is 0 Å². The van der Waals surface area contributed by atoms with Crippen molar-refractivity contribution in [1.29, 1.82) is 0 Å². The van der Waals surface area contributed by atoms with Gasteiger partial charge in [0.2, 0.25) is 0 Å². The van der Waals surface area contributed by atoms with Gasteiger partial charge in [-0.1, -0.05) is 12.1 Å². The average molecular weight is 348 g/mol. The van der Waals surface area contributed by atoms with Crippen molar-refractivity contribution in [3.8, 4) is 0 Å². The third kappa shape index (κ3) is 3.01. The zero-order valence-electron chi connectivity index (χ0n) is 14.4. The first-order chi connectivity index (χ1) is 12.5. The standard InChI is InChI=1S/C20H16N2O4/c1-11-21-17-7-5-13(9-15(17)19(23)25-11)3-4-14-6-8-18-16(10-14)20(24)26-12(2)22-18/h5-10H,3-4H2,1-2H3. The molecule has 4 aromatic rings. The Bertz CT molecular complexity index is 1160. The van der Waals surface area contributed by atoms with E-state index in [-0.39, 0.29) is 11.3 Å². The van der Waals surface area contributed by atoms with E-state index in [9.17, 15) is 9.59 Å². The maximum atomic E-state index is 12.0. The molecule has 0 atom stereocenters. The molecule has 26 heavy (non-hydrogen) atoms. The molecule has 0 amide bonds. The van der Waals surface area contributed by atoms with Gasteiger partial charge >= 0.3 is 11.3 Å². The number of nitrogens with zero attached hydrogens (tertiary/aromatic N) is 2. The van der Waals surface area contributed by atoms with Crippen LogP contribution in [0.2, 0.25) is 0 Å². The second kappa shape index (κ2) is 6.22. The highest BCUT2D eigenvalue weighted by Gasteiger charge is 2.07. The molecule has 0 aliphatic carbocycles. The van der Waals surface area contributed by atoms with E-state index in [2.05, 4.69) is 9.97 Å². The number of benzene rings is 2. The zero-order chi connectivity index (χ0) is 18.3. The third-order valence-electron chi connectivity index (χ3n) is 4.30. The topological polar surface area (TPSA) is 86.2 Å².